The Hall–Kier alpha value is -2.04. The Morgan fingerprint density at radius 1 is 0.952 bits per heavy atom. The Kier molecular flexibility index (Phi) is 3.82. The number of hydrogen-bond acceptors (Lipinski definition) is 4. The molecule has 0 aliphatic rings. The summed E-state index contributed by atoms with van der Waals surface area (Å²) in [6.45, 7) is 2.02. The average Bonchev–Trinajstić information content (AvgIpc) is 2.86. The van der Waals surface area contributed by atoms with Crippen molar-refractivity contribution >= 4 is 27.6 Å². The summed E-state index contributed by atoms with van der Waals surface area (Å²) in [7, 11) is 3.28. The number of methoxy groups -OCH3 is 2. The van der Waals surface area contributed by atoms with Crippen molar-refractivity contribution in [1.82, 2.24) is 0 Å². The molecule has 0 saturated carbocycles. The van der Waals surface area contributed by atoms with E-state index in [2.05, 4.69) is 17.4 Å². The topological polar surface area (TPSA) is 43.6 Å². The number of ether oxygens (including phenoxy) is 2. The number of nitrogens with one attached hydrogen (secondary N) is 1. The zero-order chi connectivity index (χ0) is 14.8. The fraction of sp³-hybridized carbons (Fsp3) is 0.294. The summed E-state index contributed by atoms with van der Waals surface area (Å²) in [5.74, 6) is 0. The fourth-order valence-electron chi connectivity index (χ4n) is 2.65. The van der Waals surface area contributed by atoms with E-state index in [1.807, 2.05) is 37.3 Å². The van der Waals surface area contributed by atoms with E-state index in [1.165, 1.54) is 0 Å². The number of fused-ring (bicyclic) bond motifs is 3. The van der Waals surface area contributed by atoms with Crippen molar-refractivity contribution in [3.8, 4) is 0 Å². The predicted molar refractivity (Wildman–Crippen MR) is 84.6 cm³/mol. The van der Waals surface area contributed by atoms with Crippen LogP contribution in [0, 0.1) is 0 Å². The molecule has 4 heteroatoms. The van der Waals surface area contributed by atoms with Crippen molar-refractivity contribution in [3.05, 3.63) is 42.5 Å². The van der Waals surface area contributed by atoms with Gasteiger partial charge in [-0.3, -0.25) is 0 Å². The first-order valence-electron chi connectivity index (χ1n) is 6.96. The van der Waals surface area contributed by atoms with Crippen molar-refractivity contribution in [3.63, 3.8) is 0 Å². The maximum atomic E-state index is 5.83. The number of hydrogen-bond donors (Lipinski definition) is 1. The molecule has 0 radical (unpaired) electrons. The first-order valence-corrected chi connectivity index (χ1v) is 6.96. The van der Waals surface area contributed by atoms with Crippen LogP contribution in [0.1, 0.15) is 6.92 Å². The Morgan fingerprint density at radius 2 is 1.67 bits per heavy atom. The lowest BCUT2D eigenvalue weighted by atomic mass is 10.1. The molecule has 2 aromatic carbocycles. The molecule has 3 rings (SSSR count). The maximum absolute atomic E-state index is 5.83. The first kappa shape index (κ1) is 13.9. The largest absolute Gasteiger partial charge is 0.456 e. The molecular weight excluding hydrogens is 266 g/mol. The van der Waals surface area contributed by atoms with Gasteiger partial charge in [-0.15, -0.1) is 0 Å². The van der Waals surface area contributed by atoms with Crippen LogP contribution in [0.5, 0.6) is 0 Å². The molecular formula is C17H19NO3. The van der Waals surface area contributed by atoms with Gasteiger partial charge < -0.3 is 19.2 Å². The molecule has 1 N–H and O–H groups in total. The molecule has 1 heterocycles. The summed E-state index contributed by atoms with van der Waals surface area (Å²) in [5, 5.41) is 5.63. The highest BCUT2D eigenvalue weighted by molar-refractivity contribution is 6.05. The Morgan fingerprint density at radius 3 is 2.43 bits per heavy atom. The predicted octanol–water partition coefficient (Wildman–Crippen LogP) is 4.01. The standard InChI is InChI=1S/C17H19NO3/c1-11(17(19-2)20-3)18-12-8-9-16-14(10-12)13-6-4-5-7-15(13)21-16/h4-11,17-18H,1-3H3. The highest BCUT2D eigenvalue weighted by atomic mass is 16.7. The highest BCUT2D eigenvalue weighted by Crippen LogP contribution is 2.30. The van der Waals surface area contributed by atoms with Crippen LogP contribution < -0.4 is 5.32 Å². The fourth-order valence-corrected chi connectivity index (χ4v) is 2.65. The molecule has 21 heavy (non-hydrogen) atoms. The van der Waals surface area contributed by atoms with Crippen LogP contribution in [0.3, 0.4) is 0 Å². The summed E-state index contributed by atoms with van der Waals surface area (Å²) in [5.41, 5.74) is 2.81. The highest BCUT2D eigenvalue weighted by Gasteiger charge is 2.16. The van der Waals surface area contributed by atoms with Gasteiger partial charge in [-0.25, -0.2) is 0 Å². The molecule has 0 saturated heterocycles. The van der Waals surface area contributed by atoms with Crippen LogP contribution >= 0.6 is 0 Å². The van der Waals surface area contributed by atoms with E-state index in [4.69, 9.17) is 13.9 Å². The van der Waals surface area contributed by atoms with Gasteiger partial charge in [0.25, 0.3) is 0 Å². The lowest BCUT2D eigenvalue weighted by molar-refractivity contribution is -0.109. The van der Waals surface area contributed by atoms with Gasteiger partial charge in [0.1, 0.15) is 11.2 Å². The minimum atomic E-state index is -0.290. The minimum Gasteiger partial charge on any atom is -0.456 e. The number of furan rings is 1. The quantitative estimate of drug-likeness (QED) is 0.719. The van der Waals surface area contributed by atoms with Gasteiger partial charge in [0.2, 0.25) is 0 Å². The molecule has 0 aliphatic heterocycles. The van der Waals surface area contributed by atoms with E-state index >= 15 is 0 Å². The summed E-state index contributed by atoms with van der Waals surface area (Å²) in [6.07, 6.45) is -0.290. The number of benzene rings is 2. The van der Waals surface area contributed by atoms with Crippen molar-refractivity contribution in [2.75, 3.05) is 19.5 Å². The molecule has 0 aliphatic carbocycles. The van der Waals surface area contributed by atoms with Gasteiger partial charge in [-0.1, -0.05) is 18.2 Å². The van der Waals surface area contributed by atoms with Crippen molar-refractivity contribution in [2.45, 2.75) is 19.3 Å². The van der Waals surface area contributed by atoms with Crippen LogP contribution in [-0.4, -0.2) is 26.6 Å². The van der Waals surface area contributed by atoms with E-state index in [9.17, 15) is 0 Å². The molecule has 4 nitrogen and oxygen atoms in total. The van der Waals surface area contributed by atoms with Gasteiger partial charge in [0.15, 0.2) is 6.29 Å². The molecule has 1 unspecified atom stereocenters. The third kappa shape index (κ3) is 2.60. The second-order valence-electron chi connectivity index (χ2n) is 5.08. The summed E-state index contributed by atoms with van der Waals surface area (Å²) < 4.78 is 16.4. The SMILES string of the molecule is COC(OC)C(C)Nc1ccc2oc3ccccc3c2c1. The Labute approximate surface area is 123 Å². The zero-order valence-corrected chi connectivity index (χ0v) is 12.4. The average molecular weight is 285 g/mol. The van der Waals surface area contributed by atoms with Crippen LogP contribution in [-0.2, 0) is 9.47 Å². The summed E-state index contributed by atoms with van der Waals surface area (Å²) in [4.78, 5) is 0. The normalized spacial score (nSPS) is 13.1. The van der Waals surface area contributed by atoms with Gasteiger partial charge >= 0.3 is 0 Å². The van der Waals surface area contributed by atoms with Crippen molar-refractivity contribution in [2.24, 2.45) is 0 Å². The lowest BCUT2D eigenvalue weighted by Crippen LogP contribution is -2.33. The van der Waals surface area contributed by atoms with Gasteiger partial charge in [-0.05, 0) is 31.2 Å². The zero-order valence-electron chi connectivity index (χ0n) is 12.4. The number of anilines is 1. The maximum Gasteiger partial charge on any atom is 0.176 e. The number of para-hydroxylation sites is 1. The first-order chi connectivity index (χ1) is 10.2. The van der Waals surface area contributed by atoms with Gasteiger partial charge in [0, 0.05) is 30.7 Å². The lowest BCUT2D eigenvalue weighted by Gasteiger charge is -2.23. The molecule has 1 atom stereocenters. The molecule has 0 spiro atoms. The van der Waals surface area contributed by atoms with Gasteiger partial charge in [0.05, 0.1) is 6.04 Å². The summed E-state index contributed by atoms with van der Waals surface area (Å²) >= 11 is 0. The van der Waals surface area contributed by atoms with E-state index in [1.54, 1.807) is 14.2 Å². The number of rotatable bonds is 5. The van der Waals surface area contributed by atoms with Crippen LogP contribution in [0.15, 0.2) is 46.9 Å². The molecule has 0 bridgehead atoms. The Bertz CT molecular complexity index is 746. The van der Waals surface area contributed by atoms with Crippen LogP contribution in [0.4, 0.5) is 5.69 Å². The van der Waals surface area contributed by atoms with Crippen molar-refractivity contribution < 1.29 is 13.9 Å². The van der Waals surface area contributed by atoms with E-state index < -0.39 is 0 Å². The van der Waals surface area contributed by atoms with Gasteiger partial charge in [-0.2, -0.15) is 0 Å². The van der Waals surface area contributed by atoms with E-state index in [0.717, 1.165) is 27.6 Å². The minimum absolute atomic E-state index is 0.0376. The molecule has 0 fully saturated rings. The molecule has 110 valence electrons. The van der Waals surface area contributed by atoms with E-state index in [-0.39, 0.29) is 12.3 Å². The second-order valence-corrected chi connectivity index (χ2v) is 5.08. The third-order valence-corrected chi connectivity index (χ3v) is 3.64. The smallest absolute Gasteiger partial charge is 0.176 e. The van der Waals surface area contributed by atoms with Crippen molar-refractivity contribution in [1.29, 1.82) is 0 Å². The molecule has 1 aromatic heterocycles. The van der Waals surface area contributed by atoms with Crippen LogP contribution in [0.25, 0.3) is 21.9 Å². The monoisotopic (exact) mass is 285 g/mol. The third-order valence-electron chi connectivity index (χ3n) is 3.64. The summed E-state index contributed by atoms with van der Waals surface area (Å²) in [6, 6.07) is 14.2. The van der Waals surface area contributed by atoms with Crippen LogP contribution in [0.2, 0.25) is 0 Å². The second kappa shape index (κ2) is 5.76. The molecule has 0 amide bonds. The molecule has 3 aromatic rings. The Balaban J connectivity index is 1.95. The van der Waals surface area contributed by atoms with E-state index in [0.29, 0.717) is 0 Å².